The lowest BCUT2D eigenvalue weighted by atomic mass is 9.94. The van der Waals surface area contributed by atoms with Gasteiger partial charge in [0.1, 0.15) is 6.17 Å². The molecule has 0 aromatic carbocycles. The van der Waals surface area contributed by atoms with Gasteiger partial charge in [0.25, 0.3) is 0 Å². The quantitative estimate of drug-likeness (QED) is 0.532. The normalized spacial score (nSPS) is 23.6. The lowest BCUT2D eigenvalue weighted by molar-refractivity contribution is 0.133. The van der Waals surface area contributed by atoms with Gasteiger partial charge in [-0.25, -0.2) is 28.9 Å². The van der Waals surface area contributed by atoms with Gasteiger partial charge >= 0.3 is 12.1 Å². The highest BCUT2D eigenvalue weighted by atomic mass is 19.1. The number of carbonyl (C=O) groups excluding carboxylic acids is 2. The number of nitrogens with one attached hydrogen (secondary N) is 2. The Balaban J connectivity index is 1.35. The standard InChI is InChI=1S/C25H36FN9O4/c1-5-38-22-13-28-20(12-29-22)31-24(36)34(4)19-15-35(11-7-17(19)26)23-27-9-6-21(32-23)39-25(37)30-18-8-10-33(3)14-16(18)2/h6,9,12-13,16-19H,5,7-8,10-11,14-15H2,1-4H3,(H,30,37)(H,28,31,36)/t16-,17-,18-,19+/m1/s1. The molecule has 0 spiro atoms. The molecule has 14 heteroatoms. The fraction of sp³-hybridized carbons (Fsp3) is 0.600. The predicted octanol–water partition coefficient (Wildman–Crippen LogP) is 2.17. The highest BCUT2D eigenvalue weighted by Gasteiger charge is 2.35. The number of alkyl halides is 1. The number of rotatable bonds is 7. The first-order chi connectivity index (χ1) is 18.7. The van der Waals surface area contributed by atoms with E-state index in [-0.39, 0.29) is 36.7 Å². The number of ether oxygens (including phenoxy) is 2. The Morgan fingerprint density at radius 3 is 2.69 bits per heavy atom. The van der Waals surface area contributed by atoms with Crippen LogP contribution in [0.2, 0.25) is 0 Å². The molecular weight excluding hydrogens is 509 g/mol. The van der Waals surface area contributed by atoms with Crippen LogP contribution in [0.15, 0.2) is 24.7 Å². The van der Waals surface area contributed by atoms with Gasteiger partial charge in [-0.1, -0.05) is 6.92 Å². The third-order valence-electron chi connectivity index (χ3n) is 6.98. The van der Waals surface area contributed by atoms with Crippen LogP contribution in [0.1, 0.15) is 26.7 Å². The minimum absolute atomic E-state index is 0.0228. The van der Waals surface area contributed by atoms with E-state index in [0.29, 0.717) is 24.9 Å². The van der Waals surface area contributed by atoms with Crippen molar-refractivity contribution in [2.24, 2.45) is 5.92 Å². The first-order valence-electron chi connectivity index (χ1n) is 13.1. The van der Waals surface area contributed by atoms with Gasteiger partial charge in [0, 0.05) is 45.0 Å². The van der Waals surface area contributed by atoms with Crippen molar-refractivity contribution in [2.75, 3.05) is 57.1 Å². The number of hydrogen-bond donors (Lipinski definition) is 2. The number of hydrogen-bond acceptors (Lipinski definition) is 10. The van der Waals surface area contributed by atoms with E-state index < -0.39 is 24.3 Å². The molecule has 2 aromatic heterocycles. The molecule has 0 bridgehead atoms. The van der Waals surface area contributed by atoms with E-state index in [1.54, 1.807) is 4.90 Å². The zero-order chi connectivity index (χ0) is 27.9. The number of piperidine rings is 2. The molecule has 4 heterocycles. The molecule has 212 valence electrons. The summed E-state index contributed by atoms with van der Waals surface area (Å²) in [4.78, 5) is 47.5. The second kappa shape index (κ2) is 12.8. The maximum absolute atomic E-state index is 14.9. The summed E-state index contributed by atoms with van der Waals surface area (Å²) in [5.41, 5.74) is 0. The Morgan fingerprint density at radius 1 is 1.15 bits per heavy atom. The van der Waals surface area contributed by atoms with Crippen molar-refractivity contribution in [1.82, 2.24) is 35.1 Å². The van der Waals surface area contributed by atoms with E-state index in [2.05, 4.69) is 49.4 Å². The number of anilines is 2. The molecule has 3 amide bonds. The molecule has 2 aliphatic heterocycles. The summed E-state index contributed by atoms with van der Waals surface area (Å²) in [5, 5.41) is 5.55. The highest BCUT2D eigenvalue weighted by molar-refractivity contribution is 5.88. The molecule has 4 rings (SSSR count). The van der Waals surface area contributed by atoms with Crippen molar-refractivity contribution in [3.05, 3.63) is 24.7 Å². The number of urea groups is 1. The average molecular weight is 546 g/mol. The van der Waals surface area contributed by atoms with Crippen LogP contribution >= 0.6 is 0 Å². The molecular formula is C25H36FN9O4. The zero-order valence-electron chi connectivity index (χ0n) is 22.7. The van der Waals surface area contributed by atoms with Crippen molar-refractivity contribution >= 4 is 23.9 Å². The lowest BCUT2D eigenvalue weighted by Gasteiger charge is -2.39. The number of aromatic nitrogens is 4. The van der Waals surface area contributed by atoms with Crippen molar-refractivity contribution in [3.8, 4) is 11.8 Å². The van der Waals surface area contributed by atoms with E-state index in [1.807, 2.05) is 6.92 Å². The van der Waals surface area contributed by atoms with Crippen LogP contribution in [0, 0.1) is 5.92 Å². The summed E-state index contributed by atoms with van der Waals surface area (Å²) in [5.74, 6) is 1.25. The Morgan fingerprint density at radius 2 is 1.97 bits per heavy atom. The number of likely N-dealkylation sites (N-methyl/N-ethyl adjacent to an activating group) is 1. The van der Waals surface area contributed by atoms with Crippen LogP contribution in [0.25, 0.3) is 0 Å². The van der Waals surface area contributed by atoms with Crippen LogP contribution in [-0.2, 0) is 0 Å². The summed E-state index contributed by atoms with van der Waals surface area (Å²) >= 11 is 0. The van der Waals surface area contributed by atoms with E-state index in [4.69, 9.17) is 9.47 Å². The van der Waals surface area contributed by atoms with Crippen LogP contribution in [0.4, 0.5) is 25.7 Å². The second-order valence-corrected chi connectivity index (χ2v) is 9.90. The van der Waals surface area contributed by atoms with Crippen LogP contribution in [-0.4, -0.2) is 107 Å². The molecule has 2 saturated heterocycles. The largest absolute Gasteiger partial charge is 0.477 e. The molecule has 2 aromatic rings. The number of carbonyl (C=O) groups is 2. The van der Waals surface area contributed by atoms with Crippen LogP contribution in [0.3, 0.4) is 0 Å². The Labute approximate surface area is 227 Å². The summed E-state index contributed by atoms with van der Waals surface area (Å²) in [6.07, 6.45) is 3.46. The minimum atomic E-state index is -1.25. The third-order valence-corrected chi connectivity index (χ3v) is 6.98. The smallest absolute Gasteiger partial charge is 0.414 e. The Kier molecular flexibility index (Phi) is 9.28. The molecule has 13 nitrogen and oxygen atoms in total. The van der Waals surface area contributed by atoms with Crippen molar-refractivity contribution < 1.29 is 23.5 Å². The number of likely N-dealkylation sites (tertiary alicyclic amines) is 1. The number of amides is 3. The fourth-order valence-corrected chi connectivity index (χ4v) is 4.79. The summed E-state index contributed by atoms with van der Waals surface area (Å²) in [6, 6.07) is 0.227. The summed E-state index contributed by atoms with van der Waals surface area (Å²) in [6.45, 7) is 6.67. The topological polar surface area (TPSA) is 138 Å². The van der Waals surface area contributed by atoms with Gasteiger partial charge in [-0.3, -0.25) is 5.32 Å². The van der Waals surface area contributed by atoms with Gasteiger partial charge in [0.05, 0.1) is 25.0 Å². The minimum Gasteiger partial charge on any atom is -0.477 e. The molecule has 2 aliphatic rings. The molecule has 0 unspecified atom stereocenters. The van der Waals surface area contributed by atoms with Gasteiger partial charge in [0.2, 0.25) is 17.7 Å². The first-order valence-corrected chi connectivity index (χ1v) is 13.1. The summed E-state index contributed by atoms with van der Waals surface area (Å²) < 4.78 is 25.6. The zero-order valence-corrected chi connectivity index (χ0v) is 22.7. The monoisotopic (exact) mass is 545 g/mol. The molecule has 0 radical (unpaired) electrons. The molecule has 4 atom stereocenters. The lowest BCUT2D eigenvalue weighted by Crippen LogP contribution is -2.55. The maximum atomic E-state index is 14.9. The fourth-order valence-electron chi connectivity index (χ4n) is 4.79. The number of nitrogens with zero attached hydrogens (tertiary/aromatic N) is 7. The first kappa shape index (κ1) is 28.2. The van der Waals surface area contributed by atoms with Gasteiger partial charge in [0.15, 0.2) is 5.82 Å². The van der Waals surface area contributed by atoms with Gasteiger partial charge in [-0.2, -0.15) is 4.98 Å². The third kappa shape index (κ3) is 7.40. The average Bonchev–Trinajstić information content (AvgIpc) is 2.91. The Hall–Kier alpha value is -3.81. The van der Waals surface area contributed by atoms with Crippen LogP contribution in [0.5, 0.6) is 11.8 Å². The van der Waals surface area contributed by atoms with Gasteiger partial charge < -0.3 is 29.5 Å². The van der Waals surface area contributed by atoms with Gasteiger partial charge in [-0.15, -0.1) is 0 Å². The summed E-state index contributed by atoms with van der Waals surface area (Å²) in [7, 11) is 3.58. The molecule has 39 heavy (non-hydrogen) atoms. The second-order valence-electron chi connectivity index (χ2n) is 9.90. The SMILES string of the molecule is CCOc1cnc(NC(=O)N(C)[C@H]2CN(c3nccc(OC(=O)N[C@@H]4CCN(C)C[C@H]4C)n3)CC[C@H]2F)cn1. The van der Waals surface area contributed by atoms with E-state index in [9.17, 15) is 14.0 Å². The van der Waals surface area contributed by atoms with E-state index in [0.717, 1.165) is 19.5 Å². The molecule has 0 aliphatic carbocycles. The molecule has 2 fully saturated rings. The van der Waals surface area contributed by atoms with Crippen LogP contribution < -0.4 is 25.0 Å². The number of halogens is 1. The van der Waals surface area contributed by atoms with E-state index in [1.165, 1.54) is 36.6 Å². The van der Waals surface area contributed by atoms with Crippen molar-refractivity contribution in [3.63, 3.8) is 0 Å². The molecule has 0 saturated carbocycles. The van der Waals surface area contributed by atoms with Crippen molar-refractivity contribution in [1.29, 1.82) is 0 Å². The Bertz CT molecular complexity index is 1120. The molecule has 2 N–H and O–H groups in total. The highest BCUT2D eigenvalue weighted by Crippen LogP contribution is 2.24. The van der Waals surface area contributed by atoms with Gasteiger partial charge in [-0.05, 0) is 39.3 Å². The maximum Gasteiger partial charge on any atom is 0.414 e. The van der Waals surface area contributed by atoms with E-state index >= 15 is 0 Å². The van der Waals surface area contributed by atoms with Crippen molar-refractivity contribution in [2.45, 2.75) is 44.9 Å². The predicted molar refractivity (Wildman–Crippen MR) is 142 cm³/mol.